The second-order valence-electron chi connectivity index (χ2n) is 7.48. The number of ether oxygens (including phenoxy) is 2. The highest BCUT2D eigenvalue weighted by Crippen LogP contribution is 2.33. The molecular weight excluding hydrogens is 428 g/mol. The van der Waals surface area contributed by atoms with Crippen LogP contribution in [0.25, 0.3) is 5.69 Å². The number of nitrogens with zero attached hydrogens (tertiary/aromatic N) is 6. The number of anilines is 1. The number of aromatic nitrogens is 2. The molecule has 2 aliphatic heterocycles. The lowest BCUT2D eigenvalue weighted by Gasteiger charge is -2.17. The molecule has 0 aliphatic carbocycles. The Balaban J connectivity index is 1.35. The van der Waals surface area contributed by atoms with E-state index in [0.29, 0.717) is 34.7 Å². The Morgan fingerprint density at radius 1 is 1.09 bits per heavy atom. The van der Waals surface area contributed by atoms with E-state index in [4.69, 9.17) is 26.3 Å². The SMILES string of the molecule is CC1=NN2CN(c3ccc(Oc4c(C)nn(-c5ccc(C#N)c(Cl)c5)c4C)cc3)C=C2O1. The lowest BCUT2D eigenvalue weighted by Crippen LogP contribution is -2.21. The summed E-state index contributed by atoms with van der Waals surface area (Å²) in [7, 11) is 0. The third kappa shape index (κ3) is 3.43. The van der Waals surface area contributed by atoms with Crippen LogP contribution in [0.1, 0.15) is 23.9 Å². The standard InChI is InChI=1S/C23H19ClN6O2/c1-14-23(15(2)30(26-14)19-5-4-17(11-25)21(24)10-19)32-20-8-6-18(7-9-20)28-12-22-29(13-28)27-16(3)31-22/h4-10,12H,13H2,1-3H3. The minimum Gasteiger partial charge on any atom is -0.453 e. The lowest BCUT2D eigenvalue weighted by molar-refractivity contribution is 0.294. The van der Waals surface area contributed by atoms with Crippen LogP contribution in [-0.4, -0.2) is 27.4 Å². The molecule has 0 spiro atoms. The molecule has 0 N–H and O–H groups in total. The first-order valence-electron chi connectivity index (χ1n) is 9.96. The summed E-state index contributed by atoms with van der Waals surface area (Å²) in [6.07, 6.45) is 1.93. The van der Waals surface area contributed by atoms with Gasteiger partial charge in [-0.2, -0.15) is 10.4 Å². The number of benzene rings is 2. The summed E-state index contributed by atoms with van der Waals surface area (Å²) in [6, 6.07) is 15.1. The Labute approximate surface area is 190 Å². The Morgan fingerprint density at radius 2 is 1.84 bits per heavy atom. The van der Waals surface area contributed by atoms with Crippen molar-refractivity contribution in [2.24, 2.45) is 5.10 Å². The van der Waals surface area contributed by atoms with Crippen LogP contribution in [0.5, 0.6) is 11.5 Å². The molecule has 0 radical (unpaired) electrons. The van der Waals surface area contributed by atoms with Crippen molar-refractivity contribution in [1.29, 1.82) is 5.26 Å². The van der Waals surface area contributed by atoms with E-state index in [-0.39, 0.29) is 0 Å². The Bertz CT molecular complexity index is 1320. The fourth-order valence-electron chi connectivity index (χ4n) is 3.69. The van der Waals surface area contributed by atoms with Gasteiger partial charge in [0.05, 0.1) is 28.2 Å². The van der Waals surface area contributed by atoms with Gasteiger partial charge < -0.3 is 14.4 Å². The largest absolute Gasteiger partial charge is 0.453 e. The van der Waals surface area contributed by atoms with Gasteiger partial charge in [0.2, 0.25) is 11.8 Å². The predicted molar refractivity (Wildman–Crippen MR) is 121 cm³/mol. The zero-order valence-electron chi connectivity index (χ0n) is 17.7. The second-order valence-corrected chi connectivity index (χ2v) is 7.89. The maximum atomic E-state index is 9.09. The van der Waals surface area contributed by atoms with Crippen LogP contribution in [0.15, 0.2) is 59.6 Å². The van der Waals surface area contributed by atoms with Gasteiger partial charge in [-0.05, 0) is 56.3 Å². The Kier molecular flexibility index (Phi) is 4.76. The molecule has 0 amide bonds. The van der Waals surface area contributed by atoms with Crippen molar-refractivity contribution >= 4 is 23.2 Å². The first-order valence-corrected chi connectivity index (χ1v) is 10.3. The van der Waals surface area contributed by atoms with E-state index in [0.717, 1.165) is 28.6 Å². The van der Waals surface area contributed by atoms with E-state index in [1.54, 1.807) is 16.8 Å². The van der Waals surface area contributed by atoms with Crippen molar-refractivity contribution in [2.75, 3.05) is 11.6 Å². The number of nitriles is 1. The zero-order valence-corrected chi connectivity index (χ0v) is 18.5. The van der Waals surface area contributed by atoms with Gasteiger partial charge in [-0.15, -0.1) is 5.10 Å². The Hall–Kier alpha value is -3.96. The number of rotatable bonds is 4. The van der Waals surface area contributed by atoms with Crippen molar-refractivity contribution in [3.63, 3.8) is 0 Å². The van der Waals surface area contributed by atoms with Crippen molar-refractivity contribution in [2.45, 2.75) is 20.8 Å². The first kappa shape index (κ1) is 20.0. The maximum absolute atomic E-state index is 9.09. The first-order chi connectivity index (χ1) is 15.4. The summed E-state index contributed by atoms with van der Waals surface area (Å²) in [6.45, 7) is 6.26. The van der Waals surface area contributed by atoms with Gasteiger partial charge in [-0.1, -0.05) is 11.6 Å². The molecule has 0 saturated heterocycles. The molecule has 0 fully saturated rings. The summed E-state index contributed by atoms with van der Waals surface area (Å²) in [5.41, 5.74) is 3.79. The molecule has 0 bridgehead atoms. The third-order valence-electron chi connectivity index (χ3n) is 5.25. The highest BCUT2D eigenvalue weighted by molar-refractivity contribution is 6.31. The topological polar surface area (TPSA) is 78.9 Å². The Morgan fingerprint density at radius 3 is 2.53 bits per heavy atom. The smallest absolute Gasteiger partial charge is 0.236 e. The molecule has 1 aromatic heterocycles. The molecule has 2 aliphatic rings. The average Bonchev–Trinajstić information content (AvgIpc) is 3.41. The van der Waals surface area contributed by atoms with Crippen LogP contribution in [0.2, 0.25) is 5.02 Å². The van der Waals surface area contributed by atoms with Crippen LogP contribution < -0.4 is 9.64 Å². The summed E-state index contributed by atoms with van der Waals surface area (Å²) in [5, 5.41) is 20.2. The quantitative estimate of drug-likeness (QED) is 0.558. The number of hydrogen-bond acceptors (Lipinski definition) is 7. The zero-order chi connectivity index (χ0) is 22.4. The second kappa shape index (κ2) is 7.62. The van der Waals surface area contributed by atoms with Crippen molar-refractivity contribution in [1.82, 2.24) is 14.8 Å². The van der Waals surface area contributed by atoms with Crippen LogP contribution >= 0.6 is 11.6 Å². The number of hydrogen-bond donors (Lipinski definition) is 0. The molecule has 160 valence electrons. The number of fused-ring (bicyclic) bond motifs is 1. The lowest BCUT2D eigenvalue weighted by atomic mass is 10.2. The predicted octanol–water partition coefficient (Wildman–Crippen LogP) is 5.05. The highest BCUT2D eigenvalue weighted by atomic mass is 35.5. The van der Waals surface area contributed by atoms with Crippen LogP contribution in [0.3, 0.4) is 0 Å². The van der Waals surface area contributed by atoms with Gasteiger partial charge in [0.1, 0.15) is 24.2 Å². The molecule has 9 heteroatoms. The van der Waals surface area contributed by atoms with Crippen molar-refractivity contribution < 1.29 is 9.47 Å². The van der Waals surface area contributed by atoms with Gasteiger partial charge in [0, 0.05) is 12.6 Å². The van der Waals surface area contributed by atoms with Crippen molar-refractivity contribution in [3.8, 4) is 23.3 Å². The summed E-state index contributed by atoms with van der Waals surface area (Å²) in [4.78, 5) is 2.05. The highest BCUT2D eigenvalue weighted by Gasteiger charge is 2.28. The maximum Gasteiger partial charge on any atom is 0.236 e. The average molecular weight is 447 g/mol. The molecule has 5 rings (SSSR count). The van der Waals surface area contributed by atoms with E-state index in [1.807, 2.05) is 62.3 Å². The van der Waals surface area contributed by atoms with Gasteiger partial charge in [-0.25, -0.2) is 9.69 Å². The summed E-state index contributed by atoms with van der Waals surface area (Å²) >= 11 is 6.19. The van der Waals surface area contributed by atoms with Gasteiger partial charge in [0.15, 0.2) is 5.75 Å². The molecule has 3 heterocycles. The molecule has 3 aromatic rings. The van der Waals surface area contributed by atoms with E-state index in [2.05, 4.69) is 21.2 Å². The molecular formula is C23H19ClN6O2. The summed E-state index contributed by atoms with van der Waals surface area (Å²) in [5.74, 6) is 2.76. The van der Waals surface area contributed by atoms with E-state index >= 15 is 0 Å². The number of halogens is 1. The summed E-state index contributed by atoms with van der Waals surface area (Å²) < 4.78 is 13.5. The number of hydrazone groups is 1. The van der Waals surface area contributed by atoms with Gasteiger partial charge in [-0.3, -0.25) is 0 Å². The van der Waals surface area contributed by atoms with Gasteiger partial charge >= 0.3 is 0 Å². The van der Waals surface area contributed by atoms with Crippen LogP contribution in [-0.2, 0) is 4.74 Å². The van der Waals surface area contributed by atoms with Crippen LogP contribution in [0, 0.1) is 25.2 Å². The number of aryl methyl sites for hydroxylation is 1. The molecule has 0 atom stereocenters. The van der Waals surface area contributed by atoms with Crippen molar-refractivity contribution in [3.05, 3.63) is 76.5 Å². The normalized spacial score (nSPS) is 14.6. The van der Waals surface area contributed by atoms with Crippen LogP contribution in [0.4, 0.5) is 5.69 Å². The molecule has 0 saturated carbocycles. The monoisotopic (exact) mass is 446 g/mol. The minimum atomic E-state index is 0.388. The third-order valence-corrected chi connectivity index (χ3v) is 5.56. The molecule has 8 nitrogen and oxygen atoms in total. The minimum absolute atomic E-state index is 0.388. The van der Waals surface area contributed by atoms with E-state index in [9.17, 15) is 0 Å². The van der Waals surface area contributed by atoms with E-state index < -0.39 is 0 Å². The van der Waals surface area contributed by atoms with E-state index in [1.165, 1.54) is 0 Å². The van der Waals surface area contributed by atoms with Gasteiger partial charge in [0.25, 0.3) is 0 Å². The fourth-order valence-corrected chi connectivity index (χ4v) is 3.91. The molecule has 0 unspecified atom stereocenters. The molecule has 2 aromatic carbocycles. The fraction of sp³-hybridized carbons (Fsp3) is 0.174. The molecule has 32 heavy (non-hydrogen) atoms.